The van der Waals surface area contributed by atoms with Crippen LogP contribution in [0.5, 0.6) is 17.4 Å². The zero-order valence-corrected chi connectivity index (χ0v) is 10.6. The smallest absolute Gasteiger partial charge is 0.268 e. The molecule has 2 aromatic rings. The number of nitrogens with zero attached hydrogens (tertiary/aromatic N) is 2. The van der Waals surface area contributed by atoms with E-state index >= 15 is 0 Å². The van der Waals surface area contributed by atoms with E-state index in [-0.39, 0.29) is 22.5 Å². The summed E-state index contributed by atoms with van der Waals surface area (Å²) in [5, 5.41) is -0.0531. The number of hydrogen-bond acceptors (Lipinski definition) is 6. The summed E-state index contributed by atoms with van der Waals surface area (Å²) in [4.78, 5) is 7.78. The average molecular weight is 285 g/mol. The fourth-order valence-electron chi connectivity index (χ4n) is 1.37. The fourth-order valence-corrected chi connectivity index (χ4v) is 1.54. The summed E-state index contributed by atoms with van der Waals surface area (Å²) in [6.07, 6.45) is 1.25. The van der Waals surface area contributed by atoms with Crippen LogP contribution in [0.3, 0.4) is 0 Å². The molecule has 0 aliphatic heterocycles. The van der Waals surface area contributed by atoms with E-state index in [2.05, 4.69) is 15.4 Å². The average Bonchev–Trinajstić information content (AvgIpc) is 2.42. The molecule has 6 nitrogen and oxygen atoms in total. The van der Waals surface area contributed by atoms with E-state index in [0.29, 0.717) is 5.75 Å². The van der Waals surface area contributed by atoms with Crippen LogP contribution in [0.2, 0.25) is 5.02 Å². The van der Waals surface area contributed by atoms with Gasteiger partial charge in [-0.15, -0.1) is 0 Å². The van der Waals surface area contributed by atoms with Crippen LogP contribution in [0.4, 0.5) is 10.2 Å². The summed E-state index contributed by atoms with van der Waals surface area (Å²) >= 11 is 5.66. The van der Waals surface area contributed by atoms with Crippen molar-refractivity contribution in [2.45, 2.75) is 0 Å². The van der Waals surface area contributed by atoms with Gasteiger partial charge in [0.2, 0.25) is 5.75 Å². The van der Waals surface area contributed by atoms with E-state index < -0.39 is 5.82 Å². The molecule has 0 atom stereocenters. The number of ether oxygens (including phenoxy) is 2. The largest absolute Gasteiger partial charge is 0.489 e. The fraction of sp³-hybridized carbons (Fsp3) is 0.0909. The van der Waals surface area contributed by atoms with Gasteiger partial charge < -0.3 is 14.9 Å². The number of halogens is 2. The van der Waals surface area contributed by atoms with Crippen LogP contribution in [-0.4, -0.2) is 17.1 Å². The van der Waals surface area contributed by atoms with E-state index in [0.717, 1.165) is 0 Å². The molecule has 0 saturated carbocycles. The minimum atomic E-state index is -0.534. The Morgan fingerprint density at radius 3 is 2.79 bits per heavy atom. The first-order chi connectivity index (χ1) is 9.15. The number of nitrogens with two attached hydrogens (primary N) is 1. The minimum absolute atomic E-state index is 0.0531. The van der Waals surface area contributed by atoms with Gasteiger partial charge in [0.05, 0.1) is 12.1 Å². The summed E-state index contributed by atoms with van der Waals surface area (Å²) in [6, 6.07) is 3.93. The van der Waals surface area contributed by atoms with E-state index in [1.807, 2.05) is 0 Å². The third-order valence-electron chi connectivity index (χ3n) is 2.22. The Morgan fingerprint density at radius 1 is 1.37 bits per heavy atom. The predicted octanol–water partition coefficient (Wildman–Crippen LogP) is 2.36. The lowest BCUT2D eigenvalue weighted by atomic mass is 10.3. The zero-order valence-electron chi connectivity index (χ0n) is 9.85. The molecule has 8 heteroatoms. The molecule has 3 N–H and O–H groups in total. The zero-order chi connectivity index (χ0) is 13.8. The van der Waals surface area contributed by atoms with Crippen molar-refractivity contribution in [3.63, 3.8) is 0 Å². The summed E-state index contributed by atoms with van der Waals surface area (Å²) in [5.74, 6) is 5.69. The monoisotopic (exact) mass is 284 g/mol. The molecule has 100 valence electrons. The van der Waals surface area contributed by atoms with Crippen molar-refractivity contribution in [3.8, 4) is 17.4 Å². The molecular formula is C11H10ClFN4O2. The van der Waals surface area contributed by atoms with Crippen LogP contribution >= 0.6 is 11.6 Å². The van der Waals surface area contributed by atoms with Gasteiger partial charge in [-0.3, -0.25) is 0 Å². The molecule has 1 heterocycles. The number of hydrazine groups is 1. The molecule has 19 heavy (non-hydrogen) atoms. The number of benzene rings is 1. The van der Waals surface area contributed by atoms with Gasteiger partial charge in [0.15, 0.2) is 5.82 Å². The Hall–Kier alpha value is -2.12. The third-order valence-corrected chi connectivity index (χ3v) is 2.51. The van der Waals surface area contributed by atoms with Crippen molar-refractivity contribution in [3.05, 3.63) is 35.4 Å². The first kappa shape index (κ1) is 13.3. The number of methoxy groups -OCH3 is 1. The SMILES string of the molecule is COc1c(NN)ncnc1Oc1ccc(F)c(Cl)c1. The van der Waals surface area contributed by atoms with Crippen LogP contribution in [0.1, 0.15) is 0 Å². The Balaban J connectivity index is 2.35. The molecule has 0 aliphatic rings. The van der Waals surface area contributed by atoms with E-state index in [1.54, 1.807) is 0 Å². The standard InChI is InChI=1S/C11H10ClFN4O2/c1-18-9-10(17-14)15-5-16-11(9)19-6-2-3-8(13)7(12)4-6/h2-5H,14H2,1H3,(H,15,16,17). The first-order valence-corrected chi connectivity index (χ1v) is 5.52. The number of anilines is 1. The highest BCUT2D eigenvalue weighted by atomic mass is 35.5. The number of aromatic nitrogens is 2. The second-order valence-corrected chi connectivity index (χ2v) is 3.79. The molecule has 2 rings (SSSR count). The van der Waals surface area contributed by atoms with E-state index in [4.69, 9.17) is 26.9 Å². The Labute approximate surface area is 113 Å². The number of nitrogens with one attached hydrogen (secondary N) is 1. The second kappa shape index (κ2) is 5.68. The molecule has 0 bridgehead atoms. The lowest BCUT2D eigenvalue weighted by Crippen LogP contribution is -2.10. The van der Waals surface area contributed by atoms with Crippen LogP contribution in [0, 0.1) is 5.82 Å². The topological polar surface area (TPSA) is 82.3 Å². The number of rotatable bonds is 4. The predicted molar refractivity (Wildman–Crippen MR) is 67.9 cm³/mol. The van der Waals surface area contributed by atoms with Crippen molar-refractivity contribution in [1.29, 1.82) is 0 Å². The van der Waals surface area contributed by atoms with Gasteiger partial charge in [0, 0.05) is 6.07 Å². The highest BCUT2D eigenvalue weighted by Gasteiger charge is 2.14. The van der Waals surface area contributed by atoms with Gasteiger partial charge in [0.25, 0.3) is 5.88 Å². The maximum atomic E-state index is 13.0. The second-order valence-electron chi connectivity index (χ2n) is 3.38. The highest BCUT2D eigenvalue weighted by molar-refractivity contribution is 6.30. The maximum absolute atomic E-state index is 13.0. The lowest BCUT2D eigenvalue weighted by Gasteiger charge is -2.11. The van der Waals surface area contributed by atoms with Crippen molar-refractivity contribution < 1.29 is 13.9 Å². The van der Waals surface area contributed by atoms with Crippen molar-refractivity contribution in [2.75, 3.05) is 12.5 Å². The Kier molecular flexibility index (Phi) is 3.98. The molecule has 0 unspecified atom stereocenters. The minimum Gasteiger partial charge on any atom is -0.489 e. The number of nitrogen functional groups attached to an aromatic ring is 1. The van der Waals surface area contributed by atoms with Gasteiger partial charge >= 0.3 is 0 Å². The normalized spacial score (nSPS) is 10.1. The van der Waals surface area contributed by atoms with Gasteiger partial charge in [0.1, 0.15) is 17.9 Å². The summed E-state index contributed by atoms with van der Waals surface area (Å²) in [5.41, 5.74) is 2.35. The summed E-state index contributed by atoms with van der Waals surface area (Å²) in [7, 11) is 1.42. The molecule has 0 amide bonds. The summed E-state index contributed by atoms with van der Waals surface area (Å²) in [6.45, 7) is 0. The molecule has 1 aromatic heterocycles. The lowest BCUT2D eigenvalue weighted by molar-refractivity contribution is 0.369. The van der Waals surface area contributed by atoms with Gasteiger partial charge in [-0.05, 0) is 12.1 Å². The van der Waals surface area contributed by atoms with Crippen molar-refractivity contribution >= 4 is 17.4 Å². The third kappa shape index (κ3) is 2.83. The molecular weight excluding hydrogens is 275 g/mol. The highest BCUT2D eigenvalue weighted by Crippen LogP contribution is 2.34. The van der Waals surface area contributed by atoms with Gasteiger partial charge in [-0.2, -0.15) is 4.98 Å². The van der Waals surface area contributed by atoms with E-state index in [9.17, 15) is 4.39 Å². The summed E-state index contributed by atoms with van der Waals surface area (Å²) < 4.78 is 23.6. The van der Waals surface area contributed by atoms with Gasteiger partial charge in [-0.25, -0.2) is 15.2 Å². The van der Waals surface area contributed by atoms with Crippen LogP contribution in [0.25, 0.3) is 0 Å². The van der Waals surface area contributed by atoms with Gasteiger partial charge in [-0.1, -0.05) is 11.6 Å². The van der Waals surface area contributed by atoms with Crippen molar-refractivity contribution in [2.24, 2.45) is 5.84 Å². The van der Waals surface area contributed by atoms with Crippen LogP contribution < -0.4 is 20.7 Å². The van der Waals surface area contributed by atoms with Crippen LogP contribution in [-0.2, 0) is 0 Å². The molecule has 1 aromatic carbocycles. The van der Waals surface area contributed by atoms with Crippen molar-refractivity contribution in [1.82, 2.24) is 9.97 Å². The molecule has 0 radical (unpaired) electrons. The molecule has 0 aliphatic carbocycles. The van der Waals surface area contributed by atoms with Crippen LogP contribution in [0.15, 0.2) is 24.5 Å². The molecule has 0 saturated heterocycles. The molecule has 0 fully saturated rings. The molecule has 0 spiro atoms. The first-order valence-electron chi connectivity index (χ1n) is 5.14. The maximum Gasteiger partial charge on any atom is 0.268 e. The Morgan fingerprint density at radius 2 is 2.16 bits per heavy atom. The number of hydrogen-bond donors (Lipinski definition) is 2. The Bertz CT molecular complexity index is 597. The quantitative estimate of drug-likeness (QED) is 0.662. The van der Waals surface area contributed by atoms with E-state index in [1.165, 1.54) is 31.6 Å².